The van der Waals surface area contributed by atoms with Crippen LogP contribution in [0.1, 0.15) is 29.8 Å². The van der Waals surface area contributed by atoms with Gasteiger partial charge in [0.05, 0.1) is 4.90 Å². The molecule has 13 heteroatoms. The van der Waals surface area contributed by atoms with Crippen molar-refractivity contribution in [3.8, 4) is 0 Å². The maximum atomic E-state index is 12.6. The molecule has 0 atom stereocenters. The third-order valence-electron chi connectivity index (χ3n) is 4.62. The van der Waals surface area contributed by atoms with Crippen molar-refractivity contribution in [1.29, 1.82) is 0 Å². The van der Waals surface area contributed by atoms with E-state index in [2.05, 4.69) is 20.2 Å². The first-order valence-electron chi connectivity index (χ1n) is 9.91. The number of sulfonamides is 2. The first kappa shape index (κ1) is 24.8. The van der Waals surface area contributed by atoms with Gasteiger partial charge in [-0.25, -0.2) is 8.42 Å². The number of aryl methyl sites for hydroxylation is 1. The van der Waals surface area contributed by atoms with Crippen molar-refractivity contribution in [3.63, 3.8) is 0 Å². The van der Waals surface area contributed by atoms with Crippen molar-refractivity contribution in [3.05, 3.63) is 59.7 Å². The highest BCUT2D eigenvalue weighted by atomic mass is 32.2. The number of amides is 1. The predicted molar refractivity (Wildman–Crippen MR) is 126 cm³/mol. The summed E-state index contributed by atoms with van der Waals surface area (Å²) in [5.41, 5.74) is 1.56. The Kier molecular flexibility index (Phi) is 7.47. The second-order valence-corrected chi connectivity index (χ2v) is 11.7. The first-order valence-corrected chi connectivity index (χ1v) is 13.7. The molecule has 0 aliphatic heterocycles. The molecule has 1 amide bonds. The first-order chi connectivity index (χ1) is 15.6. The van der Waals surface area contributed by atoms with Gasteiger partial charge in [0.25, 0.3) is 20.3 Å². The van der Waals surface area contributed by atoms with E-state index in [1.54, 1.807) is 38.1 Å². The molecule has 1 aromatic heterocycles. The smallest absolute Gasteiger partial charge is 0.291 e. The van der Waals surface area contributed by atoms with Gasteiger partial charge >= 0.3 is 0 Å². The standard InChI is InChI=1S/C20H23N5O5S3/c1-4-25(5-2)33(29,30)17-12-10-16(11-13-17)24-32(27,28)20-23-22-19(31-20)21-18(26)15-8-6-14(3)7-9-15/h6-13,24H,4-5H2,1-3H3,(H,21,22,26). The summed E-state index contributed by atoms with van der Waals surface area (Å²) in [5, 5.41) is 9.92. The van der Waals surface area contributed by atoms with E-state index in [0.29, 0.717) is 30.0 Å². The molecule has 0 aliphatic carbocycles. The highest BCUT2D eigenvalue weighted by molar-refractivity contribution is 7.94. The number of carbonyl (C=O) groups excluding carboxylic acids is 1. The minimum Gasteiger partial charge on any atom is -0.296 e. The van der Waals surface area contributed by atoms with Crippen LogP contribution in [0.15, 0.2) is 57.8 Å². The van der Waals surface area contributed by atoms with Gasteiger partial charge in [0.15, 0.2) is 0 Å². The minimum atomic E-state index is -4.09. The quantitative estimate of drug-likeness (QED) is 0.423. The zero-order chi connectivity index (χ0) is 24.2. The lowest BCUT2D eigenvalue weighted by molar-refractivity contribution is 0.102. The van der Waals surface area contributed by atoms with E-state index < -0.39 is 26.0 Å². The molecular formula is C20H23N5O5S3. The number of carbonyl (C=O) groups is 1. The van der Waals surface area contributed by atoms with Crippen molar-refractivity contribution in [1.82, 2.24) is 14.5 Å². The second kappa shape index (κ2) is 9.95. The predicted octanol–water partition coefficient (Wildman–Crippen LogP) is 2.93. The monoisotopic (exact) mass is 509 g/mol. The molecule has 10 nitrogen and oxygen atoms in total. The lowest BCUT2D eigenvalue weighted by atomic mass is 10.1. The topological polar surface area (TPSA) is 138 Å². The van der Waals surface area contributed by atoms with Crippen molar-refractivity contribution in [2.45, 2.75) is 30.0 Å². The van der Waals surface area contributed by atoms with Crippen LogP contribution in [0.2, 0.25) is 0 Å². The number of benzene rings is 2. The van der Waals surface area contributed by atoms with Crippen LogP contribution in [0.5, 0.6) is 0 Å². The molecule has 0 fully saturated rings. The molecule has 0 spiro atoms. The Morgan fingerprint density at radius 3 is 2.12 bits per heavy atom. The summed E-state index contributed by atoms with van der Waals surface area (Å²) >= 11 is 0.695. The number of rotatable bonds is 9. The molecule has 2 aromatic carbocycles. The number of hydrogen-bond acceptors (Lipinski definition) is 8. The Bertz CT molecular complexity index is 1330. The zero-order valence-corrected chi connectivity index (χ0v) is 20.6. The van der Waals surface area contributed by atoms with E-state index >= 15 is 0 Å². The van der Waals surface area contributed by atoms with Crippen molar-refractivity contribution < 1.29 is 21.6 Å². The van der Waals surface area contributed by atoms with E-state index in [9.17, 15) is 21.6 Å². The van der Waals surface area contributed by atoms with Gasteiger partial charge in [-0.3, -0.25) is 14.8 Å². The van der Waals surface area contributed by atoms with Crippen LogP contribution in [0.4, 0.5) is 10.8 Å². The van der Waals surface area contributed by atoms with Crippen LogP contribution in [0.3, 0.4) is 0 Å². The third kappa shape index (κ3) is 5.74. The van der Waals surface area contributed by atoms with Crippen molar-refractivity contribution in [2.75, 3.05) is 23.1 Å². The highest BCUT2D eigenvalue weighted by Crippen LogP contribution is 2.24. The van der Waals surface area contributed by atoms with Crippen LogP contribution < -0.4 is 10.0 Å². The minimum absolute atomic E-state index is 0.0293. The molecular weight excluding hydrogens is 486 g/mol. The largest absolute Gasteiger partial charge is 0.296 e. The Labute approximate surface area is 196 Å². The molecule has 3 aromatic rings. The summed E-state index contributed by atoms with van der Waals surface area (Å²) < 4.78 is 53.7. The van der Waals surface area contributed by atoms with Gasteiger partial charge < -0.3 is 0 Å². The highest BCUT2D eigenvalue weighted by Gasteiger charge is 2.24. The van der Waals surface area contributed by atoms with Crippen LogP contribution in [0, 0.1) is 6.92 Å². The number of hydrogen-bond donors (Lipinski definition) is 2. The number of aromatic nitrogens is 2. The number of nitrogens with one attached hydrogen (secondary N) is 2. The summed E-state index contributed by atoms with van der Waals surface area (Å²) in [5.74, 6) is -0.437. The Balaban J connectivity index is 1.72. The number of nitrogens with zero attached hydrogens (tertiary/aromatic N) is 3. The molecule has 0 radical (unpaired) electrons. The van der Waals surface area contributed by atoms with Gasteiger partial charge in [-0.05, 0) is 43.3 Å². The Morgan fingerprint density at radius 2 is 1.55 bits per heavy atom. The van der Waals surface area contributed by atoms with Gasteiger partial charge in [-0.2, -0.15) is 12.7 Å². The van der Waals surface area contributed by atoms with Gasteiger partial charge in [0, 0.05) is 24.3 Å². The molecule has 2 N–H and O–H groups in total. The molecule has 0 aliphatic rings. The van der Waals surface area contributed by atoms with Gasteiger partial charge in [0.2, 0.25) is 15.2 Å². The van der Waals surface area contributed by atoms with Crippen LogP contribution >= 0.6 is 11.3 Å². The molecule has 3 rings (SSSR count). The number of anilines is 2. The molecule has 176 valence electrons. The average molecular weight is 510 g/mol. The lowest BCUT2D eigenvalue weighted by Gasteiger charge is -2.18. The summed E-state index contributed by atoms with van der Waals surface area (Å²) in [7, 11) is -7.74. The summed E-state index contributed by atoms with van der Waals surface area (Å²) in [6, 6.07) is 12.2. The molecule has 0 bridgehead atoms. The molecule has 33 heavy (non-hydrogen) atoms. The fraction of sp³-hybridized carbons (Fsp3) is 0.250. The van der Waals surface area contributed by atoms with Crippen LogP contribution in [-0.4, -0.2) is 50.3 Å². The van der Waals surface area contributed by atoms with Gasteiger partial charge in [0.1, 0.15) is 0 Å². The zero-order valence-electron chi connectivity index (χ0n) is 18.1. The SMILES string of the molecule is CCN(CC)S(=O)(=O)c1ccc(NS(=O)(=O)c2nnc(NC(=O)c3ccc(C)cc3)s2)cc1. The van der Waals surface area contributed by atoms with Gasteiger partial charge in [-0.1, -0.05) is 42.9 Å². The summed E-state index contributed by atoms with van der Waals surface area (Å²) in [4.78, 5) is 12.4. The lowest BCUT2D eigenvalue weighted by Crippen LogP contribution is -2.30. The summed E-state index contributed by atoms with van der Waals surface area (Å²) in [6.07, 6.45) is 0. The van der Waals surface area contributed by atoms with Gasteiger partial charge in [-0.15, -0.1) is 10.2 Å². The van der Waals surface area contributed by atoms with Crippen LogP contribution in [0.25, 0.3) is 0 Å². The van der Waals surface area contributed by atoms with Crippen molar-refractivity contribution in [2.24, 2.45) is 0 Å². The normalized spacial score (nSPS) is 12.0. The Morgan fingerprint density at radius 1 is 0.939 bits per heavy atom. The van der Waals surface area contributed by atoms with Crippen molar-refractivity contribution >= 4 is 48.1 Å². The van der Waals surface area contributed by atoms with E-state index in [1.165, 1.54) is 28.6 Å². The van der Waals surface area contributed by atoms with E-state index in [1.807, 2.05) is 6.92 Å². The fourth-order valence-electron chi connectivity index (χ4n) is 2.85. The summed E-state index contributed by atoms with van der Waals surface area (Å²) in [6.45, 7) is 6.03. The maximum absolute atomic E-state index is 12.6. The van der Waals surface area contributed by atoms with E-state index in [0.717, 1.165) is 5.56 Å². The third-order valence-corrected chi connectivity index (χ3v) is 9.27. The Hall–Kier alpha value is -2.87. The molecule has 0 saturated carbocycles. The van der Waals surface area contributed by atoms with E-state index in [-0.39, 0.29) is 20.1 Å². The molecule has 0 unspecified atom stereocenters. The molecule has 1 heterocycles. The molecule has 0 saturated heterocycles. The van der Waals surface area contributed by atoms with E-state index in [4.69, 9.17) is 0 Å². The van der Waals surface area contributed by atoms with Crippen LogP contribution in [-0.2, 0) is 20.0 Å². The maximum Gasteiger partial charge on any atom is 0.291 e. The second-order valence-electron chi connectivity index (χ2n) is 6.91. The average Bonchev–Trinajstić information content (AvgIpc) is 3.24. The fourth-order valence-corrected chi connectivity index (χ4v) is 6.26.